The maximum Gasteiger partial charge on any atom is 0.270 e. The average Bonchev–Trinajstić information content (AvgIpc) is 2.79. The van der Waals surface area contributed by atoms with Crippen molar-refractivity contribution in [1.82, 2.24) is 0 Å². The number of carbonyl (C=O) groups excluding carboxylic acids is 2. The van der Waals surface area contributed by atoms with Gasteiger partial charge in [-0.05, 0) is 18.2 Å². The largest absolute Gasteiger partial charge is 0.375 e. The summed E-state index contributed by atoms with van der Waals surface area (Å²) in [5.74, 6) is -1.27. The number of nitrogens with one attached hydrogen (secondary N) is 1. The van der Waals surface area contributed by atoms with Crippen molar-refractivity contribution < 1.29 is 19.6 Å². The normalized spacial score (nSPS) is 18.8. The number of hydrogen-bond donors (Lipinski definition) is 2. The van der Waals surface area contributed by atoms with Gasteiger partial charge in [-0.1, -0.05) is 28.1 Å². The summed E-state index contributed by atoms with van der Waals surface area (Å²) in [6, 6.07) is 10.1. The van der Waals surface area contributed by atoms with E-state index in [9.17, 15) is 24.8 Å². The van der Waals surface area contributed by atoms with Crippen LogP contribution < -0.4 is 5.32 Å². The Hall–Kier alpha value is -2.58. The van der Waals surface area contributed by atoms with Crippen LogP contribution in [0.25, 0.3) is 0 Å². The first-order valence-corrected chi connectivity index (χ1v) is 7.72. The number of hydrogen-bond acceptors (Lipinski definition) is 5. The molecular weight excluding hydrogens is 380 g/mol. The number of carbonyl (C=O) groups is 2. The molecule has 0 radical (unpaired) electrons. The Bertz CT molecular complexity index is 883. The third-order valence-corrected chi connectivity index (χ3v) is 4.34. The van der Waals surface area contributed by atoms with Crippen molar-refractivity contribution >= 4 is 39.0 Å². The third-order valence-electron chi connectivity index (χ3n) is 3.85. The van der Waals surface area contributed by atoms with E-state index in [0.717, 1.165) is 6.07 Å². The molecule has 0 bridgehead atoms. The topological polar surface area (TPSA) is 110 Å². The number of nitro benzene ring substituents is 1. The fraction of sp³-hybridized carbons (Fsp3) is 0.125. The summed E-state index contributed by atoms with van der Waals surface area (Å²) in [7, 11) is 0. The molecule has 2 N–H and O–H groups in total. The fourth-order valence-electron chi connectivity index (χ4n) is 2.62. The number of Topliss-reactive ketones (excluding diaryl/α,β-unsaturated/α-hetero) is 1. The van der Waals surface area contributed by atoms with E-state index in [4.69, 9.17) is 0 Å². The highest BCUT2D eigenvalue weighted by Gasteiger charge is 2.46. The molecule has 1 aliphatic rings. The quantitative estimate of drug-likeness (QED) is 0.473. The molecule has 8 heteroatoms. The minimum Gasteiger partial charge on any atom is -0.375 e. The van der Waals surface area contributed by atoms with E-state index >= 15 is 0 Å². The van der Waals surface area contributed by atoms with Gasteiger partial charge in [-0.3, -0.25) is 19.7 Å². The molecule has 1 atom stereocenters. The average molecular weight is 391 g/mol. The van der Waals surface area contributed by atoms with Gasteiger partial charge in [0.15, 0.2) is 11.4 Å². The summed E-state index contributed by atoms with van der Waals surface area (Å²) in [4.78, 5) is 34.8. The van der Waals surface area contributed by atoms with E-state index in [1.54, 1.807) is 18.2 Å². The Labute approximate surface area is 144 Å². The maximum atomic E-state index is 12.4. The second-order valence-electron chi connectivity index (χ2n) is 5.41. The minimum atomic E-state index is -2.01. The highest BCUT2D eigenvalue weighted by atomic mass is 79.9. The second kappa shape index (κ2) is 5.81. The first kappa shape index (κ1) is 16.3. The van der Waals surface area contributed by atoms with Gasteiger partial charge in [0.05, 0.1) is 11.3 Å². The lowest BCUT2D eigenvalue weighted by Gasteiger charge is -2.20. The third kappa shape index (κ3) is 2.70. The van der Waals surface area contributed by atoms with Crippen molar-refractivity contribution in [2.24, 2.45) is 0 Å². The Morgan fingerprint density at radius 1 is 1.29 bits per heavy atom. The summed E-state index contributed by atoms with van der Waals surface area (Å²) in [6.07, 6.45) is -0.510. The van der Waals surface area contributed by atoms with Crippen LogP contribution in [0.4, 0.5) is 11.4 Å². The highest BCUT2D eigenvalue weighted by Crippen LogP contribution is 2.40. The maximum absolute atomic E-state index is 12.4. The van der Waals surface area contributed by atoms with Crippen molar-refractivity contribution in [3.05, 3.63) is 68.2 Å². The van der Waals surface area contributed by atoms with Gasteiger partial charge in [-0.15, -0.1) is 0 Å². The van der Waals surface area contributed by atoms with E-state index in [1.807, 2.05) is 0 Å². The lowest BCUT2D eigenvalue weighted by atomic mass is 9.88. The van der Waals surface area contributed by atoms with Gasteiger partial charge in [-0.2, -0.15) is 0 Å². The van der Waals surface area contributed by atoms with Gasteiger partial charge in [0, 0.05) is 33.4 Å². The number of amides is 1. The van der Waals surface area contributed by atoms with Crippen molar-refractivity contribution in [3.63, 3.8) is 0 Å². The molecular formula is C16H11BrN2O5. The molecule has 0 saturated heterocycles. The van der Waals surface area contributed by atoms with E-state index in [1.165, 1.54) is 18.2 Å². The SMILES string of the molecule is O=C(CC1(O)C(=O)Nc2ccc(Br)cc21)c1cccc([N+](=O)[O-])c1. The molecule has 24 heavy (non-hydrogen) atoms. The van der Waals surface area contributed by atoms with Gasteiger partial charge in [-0.25, -0.2) is 0 Å². The number of benzene rings is 2. The zero-order chi connectivity index (χ0) is 17.5. The van der Waals surface area contributed by atoms with E-state index in [0.29, 0.717) is 15.7 Å². The lowest BCUT2D eigenvalue weighted by molar-refractivity contribution is -0.384. The van der Waals surface area contributed by atoms with Crippen LogP contribution in [0.15, 0.2) is 46.9 Å². The number of nitrogens with zero attached hydrogens (tertiary/aromatic N) is 1. The van der Waals surface area contributed by atoms with Crippen molar-refractivity contribution in [3.8, 4) is 0 Å². The molecule has 2 aromatic carbocycles. The molecule has 1 amide bonds. The van der Waals surface area contributed by atoms with Gasteiger partial charge in [0.2, 0.25) is 0 Å². The number of anilines is 1. The molecule has 0 spiro atoms. The molecule has 0 aromatic heterocycles. The monoisotopic (exact) mass is 390 g/mol. The molecule has 7 nitrogen and oxygen atoms in total. The van der Waals surface area contributed by atoms with Crippen LogP contribution in [0.2, 0.25) is 0 Å². The molecule has 2 aromatic rings. The smallest absolute Gasteiger partial charge is 0.270 e. The zero-order valence-corrected chi connectivity index (χ0v) is 13.7. The molecule has 1 unspecified atom stereocenters. The summed E-state index contributed by atoms with van der Waals surface area (Å²) in [5, 5.41) is 24.1. The van der Waals surface area contributed by atoms with E-state index < -0.39 is 28.6 Å². The Morgan fingerprint density at radius 3 is 2.75 bits per heavy atom. The molecule has 1 heterocycles. The summed E-state index contributed by atoms with van der Waals surface area (Å²) in [5.41, 5.74) is -1.46. The van der Waals surface area contributed by atoms with Crippen LogP contribution in [0.5, 0.6) is 0 Å². The van der Waals surface area contributed by atoms with Crippen LogP contribution >= 0.6 is 15.9 Å². The van der Waals surface area contributed by atoms with Crippen LogP contribution in [0.3, 0.4) is 0 Å². The standard InChI is InChI=1S/C16H11BrN2O5/c17-10-4-5-13-12(7-10)16(22,15(21)18-13)8-14(20)9-2-1-3-11(6-9)19(23)24/h1-7,22H,8H2,(H,18,21). The summed E-state index contributed by atoms with van der Waals surface area (Å²) >= 11 is 3.26. The number of fused-ring (bicyclic) bond motifs is 1. The number of ketones is 1. The Morgan fingerprint density at radius 2 is 2.04 bits per heavy atom. The number of rotatable bonds is 4. The molecule has 122 valence electrons. The van der Waals surface area contributed by atoms with E-state index in [-0.39, 0.29) is 11.3 Å². The van der Waals surface area contributed by atoms with Crippen molar-refractivity contribution in [1.29, 1.82) is 0 Å². The van der Waals surface area contributed by atoms with Crippen LogP contribution in [0, 0.1) is 10.1 Å². The van der Waals surface area contributed by atoms with Crippen LogP contribution in [0.1, 0.15) is 22.3 Å². The predicted molar refractivity (Wildman–Crippen MR) is 88.7 cm³/mol. The summed E-state index contributed by atoms with van der Waals surface area (Å²) < 4.78 is 0.652. The number of aliphatic hydroxyl groups is 1. The Balaban J connectivity index is 1.95. The van der Waals surface area contributed by atoms with Gasteiger partial charge < -0.3 is 10.4 Å². The number of non-ortho nitro benzene ring substituents is 1. The zero-order valence-electron chi connectivity index (χ0n) is 12.2. The van der Waals surface area contributed by atoms with Gasteiger partial charge in [0.25, 0.3) is 11.6 Å². The first-order valence-electron chi connectivity index (χ1n) is 6.93. The van der Waals surface area contributed by atoms with Crippen LogP contribution in [-0.4, -0.2) is 21.7 Å². The predicted octanol–water partition coefficient (Wildman–Crippen LogP) is 2.77. The van der Waals surface area contributed by atoms with Crippen LogP contribution in [-0.2, 0) is 10.4 Å². The van der Waals surface area contributed by atoms with Crippen molar-refractivity contribution in [2.75, 3.05) is 5.32 Å². The van der Waals surface area contributed by atoms with E-state index in [2.05, 4.69) is 21.2 Å². The molecule has 0 saturated carbocycles. The van der Waals surface area contributed by atoms with Gasteiger partial charge >= 0.3 is 0 Å². The highest BCUT2D eigenvalue weighted by molar-refractivity contribution is 9.10. The molecule has 0 aliphatic carbocycles. The number of halogens is 1. The van der Waals surface area contributed by atoms with Gasteiger partial charge in [0.1, 0.15) is 0 Å². The Kier molecular flexibility index (Phi) is 3.94. The fourth-order valence-corrected chi connectivity index (χ4v) is 2.98. The molecule has 3 rings (SSSR count). The minimum absolute atomic E-state index is 0.0638. The number of nitro groups is 1. The molecule has 0 fully saturated rings. The van der Waals surface area contributed by atoms with Crippen molar-refractivity contribution in [2.45, 2.75) is 12.0 Å². The summed E-state index contributed by atoms with van der Waals surface area (Å²) in [6.45, 7) is 0. The second-order valence-corrected chi connectivity index (χ2v) is 6.33. The lowest BCUT2D eigenvalue weighted by Crippen LogP contribution is -2.36. The molecule has 1 aliphatic heterocycles. The first-order chi connectivity index (χ1) is 11.3.